The van der Waals surface area contributed by atoms with E-state index in [0.29, 0.717) is 17.2 Å². The molecule has 0 aromatic rings. The minimum atomic E-state index is 0.161. The highest BCUT2D eigenvalue weighted by Crippen LogP contribution is 2.44. The Kier molecular flexibility index (Phi) is 5.77. The average Bonchev–Trinajstić information content (AvgIpc) is 2.91. The van der Waals surface area contributed by atoms with Crippen LogP contribution in [-0.4, -0.2) is 51.3 Å². The summed E-state index contributed by atoms with van der Waals surface area (Å²) in [5.41, 5.74) is 3.35. The summed E-state index contributed by atoms with van der Waals surface area (Å²) in [4.78, 5) is 0. The summed E-state index contributed by atoms with van der Waals surface area (Å²) < 4.78 is 6.18. The highest BCUT2D eigenvalue weighted by atomic mass is 32.2. The lowest BCUT2D eigenvalue weighted by Crippen LogP contribution is -2.54. The first kappa shape index (κ1) is 16.8. The van der Waals surface area contributed by atoms with Gasteiger partial charge in [0.15, 0.2) is 0 Å². The van der Waals surface area contributed by atoms with Gasteiger partial charge >= 0.3 is 0 Å². The molecule has 3 aliphatic heterocycles. The van der Waals surface area contributed by atoms with E-state index in [1.807, 2.05) is 0 Å². The Hall–Kier alpha value is 0.930. The van der Waals surface area contributed by atoms with Gasteiger partial charge in [0.05, 0.1) is 5.60 Å². The van der Waals surface area contributed by atoms with E-state index in [0.717, 1.165) is 23.5 Å². The SMILES string of the molecule is CC1SCC(C(NN)C2CCOC3(CCSC3)C2)SC1C. The minimum Gasteiger partial charge on any atom is -0.374 e. The van der Waals surface area contributed by atoms with Crippen molar-refractivity contribution in [2.45, 2.75) is 60.5 Å². The summed E-state index contributed by atoms with van der Waals surface area (Å²) in [6.45, 7) is 5.63. The average molecular weight is 349 g/mol. The quantitative estimate of drug-likeness (QED) is 0.604. The van der Waals surface area contributed by atoms with E-state index < -0.39 is 0 Å². The van der Waals surface area contributed by atoms with Crippen LogP contribution in [0, 0.1) is 5.92 Å². The lowest BCUT2D eigenvalue weighted by Gasteiger charge is -2.44. The largest absolute Gasteiger partial charge is 0.374 e. The molecule has 3 fully saturated rings. The van der Waals surface area contributed by atoms with Crippen LogP contribution in [0.15, 0.2) is 0 Å². The van der Waals surface area contributed by atoms with Gasteiger partial charge in [-0.3, -0.25) is 11.3 Å². The summed E-state index contributed by atoms with van der Waals surface area (Å²) in [6.07, 6.45) is 3.58. The maximum Gasteiger partial charge on any atom is 0.0783 e. The molecule has 0 saturated carbocycles. The van der Waals surface area contributed by atoms with Gasteiger partial charge in [-0.05, 0) is 30.9 Å². The first-order chi connectivity index (χ1) is 10.1. The van der Waals surface area contributed by atoms with Crippen LogP contribution >= 0.6 is 35.3 Å². The first-order valence-corrected chi connectivity index (χ1v) is 11.2. The summed E-state index contributed by atoms with van der Waals surface area (Å²) in [5.74, 6) is 10.3. The number of hydrogen-bond donors (Lipinski definition) is 2. The molecule has 0 aromatic heterocycles. The second-order valence-corrected chi connectivity index (χ2v) is 10.8. The summed E-state index contributed by atoms with van der Waals surface area (Å²) in [6, 6.07) is 0.434. The van der Waals surface area contributed by atoms with Crippen molar-refractivity contribution in [1.82, 2.24) is 5.43 Å². The molecule has 6 heteroatoms. The Morgan fingerprint density at radius 2 is 2.19 bits per heavy atom. The molecule has 0 amide bonds. The van der Waals surface area contributed by atoms with E-state index >= 15 is 0 Å². The van der Waals surface area contributed by atoms with Gasteiger partial charge in [0.2, 0.25) is 0 Å². The van der Waals surface area contributed by atoms with Gasteiger partial charge < -0.3 is 4.74 Å². The van der Waals surface area contributed by atoms with Crippen LogP contribution in [0.4, 0.5) is 0 Å². The number of hydrogen-bond acceptors (Lipinski definition) is 6. The number of ether oxygens (including phenoxy) is 1. The molecule has 122 valence electrons. The van der Waals surface area contributed by atoms with E-state index in [9.17, 15) is 0 Å². The van der Waals surface area contributed by atoms with Crippen LogP contribution in [0.25, 0.3) is 0 Å². The number of rotatable bonds is 3. The molecule has 0 aromatic carbocycles. The lowest BCUT2D eigenvalue weighted by atomic mass is 9.80. The minimum absolute atomic E-state index is 0.161. The van der Waals surface area contributed by atoms with Crippen LogP contribution in [0.5, 0.6) is 0 Å². The first-order valence-electron chi connectivity index (χ1n) is 8.08. The highest BCUT2D eigenvalue weighted by molar-refractivity contribution is 8.07. The van der Waals surface area contributed by atoms with Crippen molar-refractivity contribution in [3.8, 4) is 0 Å². The highest BCUT2D eigenvalue weighted by Gasteiger charge is 2.44. The molecular weight excluding hydrogens is 320 g/mol. The predicted octanol–water partition coefficient (Wildman–Crippen LogP) is 2.75. The van der Waals surface area contributed by atoms with Crippen molar-refractivity contribution in [2.75, 3.05) is 23.9 Å². The van der Waals surface area contributed by atoms with Crippen LogP contribution in [-0.2, 0) is 4.74 Å². The molecule has 3 aliphatic rings. The third-order valence-electron chi connectivity index (χ3n) is 5.27. The van der Waals surface area contributed by atoms with E-state index in [2.05, 4.69) is 54.6 Å². The molecule has 0 radical (unpaired) electrons. The molecule has 3 heterocycles. The Bertz CT molecular complexity index is 352. The predicted molar refractivity (Wildman–Crippen MR) is 97.2 cm³/mol. The molecule has 3 saturated heterocycles. The van der Waals surface area contributed by atoms with Gasteiger partial charge in [-0.15, -0.1) is 0 Å². The van der Waals surface area contributed by atoms with E-state index in [4.69, 9.17) is 10.6 Å². The van der Waals surface area contributed by atoms with Gasteiger partial charge in [-0.2, -0.15) is 35.3 Å². The molecule has 21 heavy (non-hydrogen) atoms. The smallest absolute Gasteiger partial charge is 0.0783 e. The van der Waals surface area contributed by atoms with Gasteiger partial charge in [0.1, 0.15) is 0 Å². The Labute approximate surface area is 141 Å². The van der Waals surface area contributed by atoms with Crippen molar-refractivity contribution >= 4 is 35.3 Å². The summed E-state index contributed by atoms with van der Waals surface area (Å²) in [5, 5.41) is 2.12. The second-order valence-electron chi connectivity index (χ2n) is 6.70. The molecule has 0 bridgehead atoms. The fourth-order valence-corrected chi connectivity index (χ4v) is 8.35. The second kappa shape index (κ2) is 7.22. The molecule has 6 atom stereocenters. The van der Waals surface area contributed by atoms with Crippen LogP contribution in [0.2, 0.25) is 0 Å². The van der Waals surface area contributed by atoms with Gasteiger partial charge in [-0.25, -0.2) is 0 Å². The molecule has 3 N–H and O–H groups in total. The molecule has 3 nitrogen and oxygen atoms in total. The number of thioether (sulfide) groups is 3. The zero-order chi connectivity index (χ0) is 14.9. The third-order valence-corrected chi connectivity index (χ3v) is 10.0. The molecule has 1 spiro atoms. The Morgan fingerprint density at radius 3 is 2.86 bits per heavy atom. The zero-order valence-corrected chi connectivity index (χ0v) is 15.5. The lowest BCUT2D eigenvalue weighted by molar-refractivity contribution is -0.0849. The molecule has 6 unspecified atom stereocenters. The normalized spacial score (nSPS) is 45.9. The van der Waals surface area contributed by atoms with E-state index in [-0.39, 0.29) is 5.60 Å². The van der Waals surface area contributed by atoms with Crippen molar-refractivity contribution < 1.29 is 4.74 Å². The maximum absolute atomic E-state index is 6.18. The van der Waals surface area contributed by atoms with E-state index in [1.165, 1.54) is 30.1 Å². The van der Waals surface area contributed by atoms with Crippen LogP contribution in [0.1, 0.15) is 33.1 Å². The van der Waals surface area contributed by atoms with E-state index in [1.54, 1.807) is 0 Å². The van der Waals surface area contributed by atoms with Crippen molar-refractivity contribution in [3.05, 3.63) is 0 Å². The number of nitrogens with two attached hydrogens (primary N) is 1. The summed E-state index contributed by atoms with van der Waals surface area (Å²) in [7, 11) is 0. The van der Waals surface area contributed by atoms with Crippen LogP contribution < -0.4 is 11.3 Å². The molecular formula is C15H28N2OS3. The molecule has 3 rings (SSSR count). The monoisotopic (exact) mass is 348 g/mol. The standard InChI is InChI=1S/C15H28N2OS3/c1-10-11(2)21-13(8-20-10)14(17-16)12-3-5-18-15(7-12)4-6-19-9-15/h10-14,17H,3-9,16H2,1-2H3. The number of hydrazine groups is 1. The van der Waals surface area contributed by atoms with Crippen molar-refractivity contribution in [3.63, 3.8) is 0 Å². The Balaban J connectivity index is 1.65. The van der Waals surface area contributed by atoms with Gasteiger partial charge in [-0.1, -0.05) is 13.8 Å². The fraction of sp³-hybridized carbons (Fsp3) is 1.00. The third kappa shape index (κ3) is 3.72. The fourth-order valence-electron chi connectivity index (χ4n) is 3.78. The van der Waals surface area contributed by atoms with Crippen molar-refractivity contribution in [1.29, 1.82) is 0 Å². The number of nitrogens with one attached hydrogen (secondary N) is 1. The maximum atomic E-state index is 6.18. The zero-order valence-electron chi connectivity index (χ0n) is 13.0. The van der Waals surface area contributed by atoms with Gasteiger partial charge in [0.25, 0.3) is 0 Å². The Morgan fingerprint density at radius 1 is 1.33 bits per heavy atom. The van der Waals surface area contributed by atoms with Gasteiger partial charge in [0, 0.05) is 39.9 Å². The topological polar surface area (TPSA) is 47.3 Å². The summed E-state index contributed by atoms with van der Waals surface area (Å²) >= 11 is 6.31. The van der Waals surface area contributed by atoms with Crippen molar-refractivity contribution in [2.24, 2.45) is 11.8 Å². The molecule has 0 aliphatic carbocycles. The van der Waals surface area contributed by atoms with Crippen LogP contribution in [0.3, 0.4) is 0 Å².